The van der Waals surface area contributed by atoms with Gasteiger partial charge in [0.15, 0.2) is 5.65 Å². The van der Waals surface area contributed by atoms with Crippen molar-refractivity contribution in [2.24, 2.45) is 0 Å². The average molecular weight is 364 g/mol. The Balaban J connectivity index is 1.71. The number of rotatable bonds is 4. The van der Waals surface area contributed by atoms with Crippen LogP contribution in [0.1, 0.15) is 5.69 Å². The van der Waals surface area contributed by atoms with Crippen molar-refractivity contribution in [1.29, 1.82) is 0 Å². The molecule has 4 rings (SSSR count). The molecule has 4 aromatic rings. The van der Waals surface area contributed by atoms with Crippen LogP contribution in [0.15, 0.2) is 64.4 Å². The highest BCUT2D eigenvalue weighted by molar-refractivity contribution is 5.73. The summed E-state index contributed by atoms with van der Waals surface area (Å²) < 4.78 is 14.0. The van der Waals surface area contributed by atoms with E-state index in [0.29, 0.717) is 6.54 Å². The molecule has 0 aliphatic carbocycles. The van der Waals surface area contributed by atoms with Crippen LogP contribution in [0.3, 0.4) is 0 Å². The van der Waals surface area contributed by atoms with Crippen LogP contribution in [-0.2, 0) is 6.54 Å². The molecule has 9 heteroatoms. The molecule has 0 saturated heterocycles. The molecule has 0 unspecified atom stereocenters. The van der Waals surface area contributed by atoms with Gasteiger partial charge in [0, 0.05) is 12.4 Å². The van der Waals surface area contributed by atoms with Crippen LogP contribution in [0.25, 0.3) is 16.7 Å². The quantitative estimate of drug-likeness (QED) is 0.570. The zero-order valence-corrected chi connectivity index (χ0v) is 13.9. The van der Waals surface area contributed by atoms with Gasteiger partial charge >= 0.3 is 5.69 Å². The summed E-state index contributed by atoms with van der Waals surface area (Å²) in [7, 11) is 0. The van der Waals surface area contributed by atoms with Gasteiger partial charge in [0.1, 0.15) is 11.2 Å². The van der Waals surface area contributed by atoms with Crippen LogP contribution in [-0.4, -0.2) is 24.5 Å². The van der Waals surface area contributed by atoms with Crippen molar-refractivity contribution in [3.63, 3.8) is 0 Å². The minimum atomic E-state index is -0.673. The fraction of sp³-hybridized carbons (Fsp3) is 0.0556. The number of aromatic nitrogens is 5. The summed E-state index contributed by atoms with van der Waals surface area (Å²) in [6.45, 7) is 0.392. The van der Waals surface area contributed by atoms with E-state index in [1.807, 2.05) is 18.2 Å². The maximum Gasteiger partial charge on any atom is 0.334 e. The fourth-order valence-electron chi connectivity index (χ4n) is 2.59. The molecule has 8 nitrogen and oxygen atoms in total. The first-order chi connectivity index (χ1) is 13.1. The molecule has 0 radical (unpaired) electrons. The largest absolute Gasteiger partial charge is 0.349 e. The summed E-state index contributed by atoms with van der Waals surface area (Å²) in [5.74, 6) is -0.210. The molecule has 0 saturated carbocycles. The van der Waals surface area contributed by atoms with E-state index in [0.717, 1.165) is 10.3 Å². The third-order valence-electron chi connectivity index (χ3n) is 3.89. The van der Waals surface area contributed by atoms with Crippen molar-refractivity contribution >= 4 is 17.0 Å². The molecule has 0 aliphatic rings. The van der Waals surface area contributed by atoms with Gasteiger partial charge in [0.25, 0.3) is 5.56 Å². The highest BCUT2D eigenvalue weighted by Crippen LogP contribution is 2.09. The summed E-state index contributed by atoms with van der Waals surface area (Å²) in [6, 6.07) is 10.6. The van der Waals surface area contributed by atoms with Crippen molar-refractivity contribution in [2.75, 3.05) is 5.32 Å². The Bertz CT molecular complexity index is 1220. The van der Waals surface area contributed by atoms with Gasteiger partial charge in [-0.3, -0.25) is 14.8 Å². The first-order valence-corrected chi connectivity index (χ1v) is 8.03. The summed E-state index contributed by atoms with van der Waals surface area (Å²) in [6.07, 6.45) is 3.01. The van der Waals surface area contributed by atoms with E-state index in [-0.39, 0.29) is 22.7 Å². The van der Waals surface area contributed by atoms with Gasteiger partial charge in [-0.1, -0.05) is 6.07 Å². The summed E-state index contributed by atoms with van der Waals surface area (Å²) in [4.78, 5) is 40.1. The van der Waals surface area contributed by atoms with Gasteiger partial charge in [-0.15, -0.1) is 0 Å². The van der Waals surface area contributed by atoms with Gasteiger partial charge in [-0.2, -0.15) is 4.98 Å². The number of pyridine rings is 1. The van der Waals surface area contributed by atoms with Gasteiger partial charge in [-0.05, 0) is 36.4 Å². The Hall–Kier alpha value is -3.88. The normalized spacial score (nSPS) is 10.9. The van der Waals surface area contributed by atoms with Gasteiger partial charge < -0.3 is 5.32 Å². The van der Waals surface area contributed by atoms with Crippen molar-refractivity contribution in [2.45, 2.75) is 6.54 Å². The first kappa shape index (κ1) is 16.6. The number of hydrogen-bond donors (Lipinski definition) is 2. The van der Waals surface area contributed by atoms with E-state index >= 15 is 0 Å². The predicted octanol–water partition coefficient (Wildman–Crippen LogP) is 1.62. The molecule has 2 N–H and O–H groups in total. The number of nitrogens with zero attached hydrogens (tertiary/aromatic N) is 4. The Morgan fingerprint density at radius 2 is 1.89 bits per heavy atom. The molecule has 3 heterocycles. The highest BCUT2D eigenvalue weighted by atomic mass is 19.1. The Labute approximate surface area is 151 Å². The predicted molar refractivity (Wildman–Crippen MR) is 97.3 cm³/mol. The number of nitrogens with one attached hydrogen (secondary N) is 2. The second-order valence-electron chi connectivity index (χ2n) is 5.68. The molecule has 0 bridgehead atoms. The van der Waals surface area contributed by atoms with Crippen molar-refractivity contribution in [3.8, 4) is 5.69 Å². The van der Waals surface area contributed by atoms with E-state index in [9.17, 15) is 14.0 Å². The monoisotopic (exact) mass is 364 g/mol. The molecule has 0 spiro atoms. The molecule has 0 amide bonds. The number of fused-ring (bicyclic) bond motifs is 1. The van der Waals surface area contributed by atoms with Gasteiger partial charge in [0.05, 0.1) is 17.9 Å². The van der Waals surface area contributed by atoms with Crippen LogP contribution in [0, 0.1) is 5.82 Å². The molecular weight excluding hydrogens is 351 g/mol. The summed E-state index contributed by atoms with van der Waals surface area (Å²) in [5, 5.41) is 3.13. The number of aromatic amines is 1. The van der Waals surface area contributed by atoms with E-state index in [2.05, 4.69) is 25.3 Å². The van der Waals surface area contributed by atoms with E-state index in [1.54, 1.807) is 6.20 Å². The molecule has 27 heavy (non-hydrogen) atoms. The van der Waals surface area contributed by atoms with Crippen molar-refractivity contribution < 1.29 is 4.39 Å². The Morgan fingerprint density at radius 3 is 2.63 bits per heavy atom. The number of anilines is 1. The number of halogens is 1. The number of hydrogen-bond acceptors (Lipinski definition) is 6. The maximum absolute atomic E-state index is 13.1. The number of benzene rings is 1. The van der Waals surface area contributed by atoms with Gasteiger partial charge in [-0.25, -0.2) is 18.7 Å². The van der Waals surface area contributed by atoms with Crippen LogP contribution in [0.2, 0.25) is 0 Å². The number of H-pyrrole nitrogens is 1. The molecule has 0 atom stereocenters. The third kappa shape index (κ3) is 3.30. The van der Waals surface area contributed by atoms with Crippen LogP contribution < -0.4 is 16.6 Å². The first-order valence-electron chi connectivity index (χ1n) is 8.03. The molecule has 1 aromatic carbocycles. The lowest BCUT2D eigenvalue weighted by atomic mass is 10.3. The van der Waals surface area contributed by atoms with Gasteiger partial charge in [0.2, 0.25) is 5.95 Å². The van der Waals surface area contributed by atoms with E-state index in [1.165, 1.54) is 30.5 Å². The molecule has 0 aliphatic heterocycles. The average Bonchev–Trinajstić information content (AvgIpc) is 2.68. The molecular formula is C18H13FN6O2. The zero-order chi connectivity index (χ0) is 18.8. The summed E-state index contributed by atoms with van der Waals surface area (Å²) >= 11 is 0. The van der Waals surface area contributed by atoms with Crippen LogP contribution in [0.4, 0.5) is 10.3 Å². The second-order valence-corrected chi connectivity index (χ2v) is 5.68. The maximum atomic E-state index is 13.1. The second kappa shape index (κ2) is 6.79. The topological polar surface area (TPSA) is 106 Å². The minimum absolute atomic E-state index is 0.113. The van der Waals surface area contributed by atoms with Crippen molar-refractivity contribution in [1.82, 2.24) is 24.5 Å². The zero-order valence-electron chi connectivity index (χ0n) is 13.9. The molecule has 0 fully saturated rings. The minimum Gasteiger partial charge on any atom is -0.349 e. The lowest BCUT2D eigenvalue weighted by Gasteiger charge is -2.08. The van der Waals surface area contributed by atoms with Crippen LogP contribution >= 0.6 is 0 Å². The van der Waals surface area contributed by atoms with Crippen LogP contribution in [0.5, 0.6) is 0 Å². The molecule has 3 aromatic heterocycles. The smallest absolute Gasteiger partial charge is 0.334 e. The lowest BCUT2D eigenvalue weighted by Crippen LogP contribution is -2.34. The Morgan fingerprint density at radius 1 is 1.07 bits per heavy atom. The third-order valence-corrected chi connectivity index (χ3v) is 3.89. The van der Waals surface area contributed by atoms with Crippen molar-refractivity contribution in [3.05, 3.63) is 87.2 Å². The summed E-state index contributed by atoms with van der Waals surface area (Å²) in [5.41, 5.74) is -0.102. The Kier molecular flexibility index (Phi) is 4.17. The van der Waals surface area contributed by atoms with E-state index in [4.69, 9.17) is 0 Å². The fourth-order valence-corrected chi connectivity index (χ4v) is 2.59. The lowest BCUT2D eigenvalue weighted by molar-refractivity contribution is 0.627. The molecule has 134 valence electrons. The SMILES string of the molecule is O=c1[nH]c2nc(NCc3ccccn3)ncc2c(=O)n1-c1ccc(F)cc1. The van der Waals surface area contributed by atoms with E-state index < -0.39 is 17.1 Å². The highest BCUT2D eigenvalue weighted by Gasteiger charge is 2.12. The standard InChI is InChI=1S/C18H13FN6O2/c19-11-4-6-13(7-5-11)25-16(26)14-10-22-17(23-15(14)24-18(25)27)21-9-12-3-1-2-8-20-12/h1-8,10H,9H2,(H2,21,22,23,24,27).